The molecule has 2 rings (SSSR count). The van der Waals surface area contributed by atoms with Crippen LogP contribution in [0.4, 0.5) is 0 Å². The highest BCUT2D eigenvalue weighted by Crippen LogP contribution is 2.33. The Morgan fingerprint density at radius 2 is 0.973 bits per heavy atom. The molecule has 1 N–H and O–H groups in total. The molecule has 37 heavy (non-hydrogen) atoms. The van der Waals surface area contributed by atoms with Crippen molar-refractivity contribution in [3.05, 3.63) is 53.1 Å². The maximum absolute atomic E-state index is 8.80. The van der Waals surface area contributed by atoms with E-state index in [4.69, 9.17) is 19.3 Å². The molecule has 0 aliphatic carbocycles. The van der Waals surface area contributed by atoms with Crippen LogP contribution >= 0.6 is 0 Å². The molecule has 0 spiro atoms. The summed E-state index contributed by atoms with van der Waals surface area (Å²) in [6, 6.07) is 12.2. The van der Waals surface area contributed by atoms with Gasteiger partial charge in [0.1, 0.15) is 17.2 Å². The van der Waals surface area contributed by atoms with E-state index in [1.165, 1.54) is 82.6 Å². The molecule has 0 aromatic heterocycles. The van der Waals surface area contributed by atoms with Gasteiger partial charge in [-0.05, 0) is 54.7 Å². The molecule has 4 nitrogen and oxygen atoms in total. The maximum atomic E-state index is 8.80. The van der Waals surface area contributed by atoms with Gasteiger partial charge >= 0.3 is 0 Å². The lowest BCUT2D eigenvalue weighted by atomic mass is 10.0. The number of ether oxygens (including phenoxy) is 3. The fourth-order valence-electron chi connectivity index (χ4n) is 4.79. The summed E-state index contributed by atoms with van der Waals surface area (Å²) >= 11 is 0. The second kappa shape index (κ2) is 19.6. The summed E-state index contributed by atoms with van der Waals surface area (Å²) in [5.41, 5.74) is 3.35. The average Bonchev–Trinajstić information content (AvgIpc) is 2.94. The molecule has 0 radical (unpaired) electrons. The van der Waals surface area contributed by atoms with Crippen molar-refractivity contribution in [2.45, 2.75) is 96.3 Å². The number of aliphatic hydroxyl groups excluding tert-OH is 1. The van der Waals surface area contributed by atoms with Gasteiger partial charge in [-0.25, -0.2) is 0 Å². The highest BCUT2D eigenvalue weighted by molar-refractivity contribution is 5.72. The minimum absolute atomic E-state index is 0.347. The van der Waals surface area contributed by atoms with E-state index in [0.29, 0.717) is 6.61 Å². The molecule has 0 aliphatic rings. The maximum Gasteiger partial charge on any atom is 0.126 e. The van der Waals surface area contributed by atoms with E-state index in [-0.39, 0.29) is 0 Å². The van der Waals surface area contributed by atoms with E-state index >= 15 is 0 Å². The van der Waals surface area contributed by atoms with Crippen LogP contribution in [0.25, 0.3) is 12.2 Å². The van der Waals surface area contributed by atoms with Crippen molar-refractivity contribution in [3.63, 3.8) is 0 Å². The SMILES string of the molecule is COc1ccc(/C=C/c2cc(OC)c(CCCCCCCCCCCCCCCCO)c(OC)c2)cc1. The van der Waals surface area contributed by atoms with Crippen molar-refractivity contribution in [1.29, 1.82) is 0 Å². The molecule has 0 atom stereocenters. The van der Waals surface area contributed by atoms with E-state index in [1.807, 2.05) is 24.3 Å². The molecule has 0 fully saturated rings. The standard InChI is InChI=1S/C33H50O4/c1-35-30-23-21-28(22-24-30)19-20-29-26-32(36-2)31(33(27-29)37-3)18-16-14-12-10-8-6-4-5-7-9-11-13-15-17-25-34/h19-24,26-27,34H,4-18,25H2,1-3H3/b20-19+. The molecule has 0 saturated carbocycles. The zero-order chi connectivity index (χ0) is 26.6. The van der Waals surface area contributed by atoms with Crippen molar-refractivity contribution < 1.29 is 19.3 Å². The zero-order valence-electron chi connectivity index (χ0n) is 23.6. The lowest BCUT2D eigenvalue weighted by molar-refractivity contribution is 0.282. The molecule has 206 valence electrons. The normalized spacial score (nSPS) is 11.2. The van der Waals surface area contributed by atoms with Crippen molar-refractivity contribution in [2.24, 2.45) is 0 Å². The summed E-state index contributed by atoms with van der Waals surface area (Å²) in [7, 11) is 5.17. The van der Waals surface area contributed by atoms with Gasteiger partial charge in [0, 0.05) is 12.2 Å². The van der Waals surface area contributed by atoms with Gasteiger partial charge in [-0.15, -0.1) is 0 Å². The van der Waals surface area contributed by atoms with Gasteiger partial charge in [0.2, 0.25) is 0 Å². The van der Waals surface area contributed by atoms with Gasteiger partial charge in [-0.3, -0.25) is 0 Å². The quantitative estimate of drug-likeness (QED) is 0.135. The molecule has 0 aliphatic heterocycles. The largest absolute Gasteiger partial charge is 0.497 e. The molecule has 4 heteroatoms. The molecule has 0 bridgehead atoms. The van der Waals surface area contributed by atoms with Crippen LogP contribution in [0.5, 0.6) is 17.2 Å². The number of hydrogen-bond donors (Lipinski definition) is 1. The van der Waals surface area contributed by atoms with E-state index in [2.05, 4.69) is 24.3 Å². The summed E-state index contributed by atoms with van der Waals surface area (Å²) in [5, 5.41) is 8.80. The Balaban J connectivity index is 1.67. The van der Waals surface area contributed by atoms with Crippen molar-refractivity contribution in [2.75, 3.05) is 27.9 Å². The minimum Gasteiger partial charge on any atom is -0.497 e. The summed E-state index contributed by atoms with van der Waals surface area (Å²) in [5.74, 6) is 2.67. The van der Waals surface area contributed by atoms with Crippen LogP contribution in [0.3, 0.4) is 0 Å². The average molecular weight is 511 g/mol. The molecule has 0 heterocycles. The Kier molecular flexibility index (Phi) is 16.3. The topological polar surface area (TPSA) is 47.9 Å². The predicted molar refractivity (Wildman–Crippen MR) is 157 cm³/mol. The monoisotopic (exact) mass is 510 g/mol. The van der Waals surface area contributed by atoms with Crippen LogP contribution in [0, 0.1) is 0 Å². The molecule has 0 unspecified atom stereocenters. The fraction of sp³-hybridized carbons (Fsp3) is 0.576. The Labute approximate surface area is 226 Å². The third-order valence-corrected chi connectivity index (χ3v) is 7.05. The zero-order valence-corrected chi connectivity index (χ0v) is 23.6. The van der Waals surface area contributed by atoms with Gasteiger partial charge in [0.15, 0.2) is 0 Å². The highest BCUT2D eigenvalue weighted by atomic mass is 16.5. The first-order valence-corrected chi connectivity index (χ1v) is 14.4. The van der Waals surface area contributed by atoms with Crippen LogP contribution < -0.4 is 14.2 Å². The van der Waals surface area contributed by atoms with Gasteiger partial charge < -0.3 is 19.3 Å². The Hall–Kier alpha value is -2.46. The summed E-state index contributed by atoms with van der Waals surface area (Å²) in [6.07, 6.45) is 23.2. The number of methoxy groups -OCH3 is 3. The third kappa shape index (κ3) is 12.6. The van der Waals surface area contributed by atoms with Crippen molar-refractivity contribution in [3.8, 4) is 17.2 Å². The van der Waals surface area contributed by atoms with E-state index < -0.39 is 0 Å². The summed E-state index contributed by atoms with van der Waals surface area (Å²) in [6.45, 7) is 0.347. The van der Waals surface area contributed by atoms with E-state index in [0.717, 1.165) is 47.6 Å². The van der Waals surface area contributed by atoms with Gasteiger partial charge in [-0.1, -0.05) is 101 Å². The van der Waals surface area contributed by atoms with Crippen LogP contribution in [0.15, 0.2) is 36.4 Å². The molecular weight excluding hydrogens is 460 g/mol. The number of unbranched alkanes of at least 4 members (excludes halogenated alkanes) is 13. The Bertz CT molecular complexity index is 847. The minimum atomic E-state index is 0.347. The molecule has 2 aromatic carbocycles. The molecule has 2 aromatic rings. The number of hydrogen-bond acceptors (Lipinski definition) is 4. The van der Waals surface area contributed by atoms with E-state index in [9.17, 15) is 0 Å². The fourth-order valence-corrected chi connectivity index (χ4v) is 4.79. The first-order chi connectivity index (χ1) is 18.2. The summed E-state index contributed by atoms with van der Waals surface area (Å²) in [4.78, 5) is 0. The number of rotatable bonds is 21. The molecule has 0 amide bonds. The Morgan fingerprint density at radius 1 is 0.541 bits per heavy atom. The van der Waals surface area contributed by atoms with Crippen LogP contribution in [0.1, 0.15) is 107 Å². The highest BCUT2D eigenvalue weighted by Gasteiger charge is 2.11. The van der Waals surface area contributed by atoms with Crippen LogP contribution in [-0.4, -0.2) is 33.0 Å². The van der Waals surface area contributed by atoms with Gasteiger partial charge in [-0.2, -0.15) is 0 Å². The second-order valence-electron chi connectivity index (χ2n) is 9.93. The number of benzene rings is 2. The molecule has 0 saturated heterocycles. The first kappa shape index (κ1) is 30.8. The predicted octanol–water partition coefficient (Wildman–Crippen LogP) is 8.88. The van der Waals surface area contributed by atoms with Crippen LogP contribution in [0.2, 0.25) is 0 Å². The van der Waals surface area contributed by atoms with Gasteiger partial charge in [0.05, 0.1) is 21.3 Å². The lowest BCUT2D eigenvalue weighted by Crippen LogP contribution is -1.98. The van der Waals surface area contributed by atoms with Crippen molar-refractivity contribution in [1.82, 2.24) is 0 Å². The lowest BCUT2D eigenvalue weighted by Gasteiger charge is -2.14. The smallest absolute Gasteiger partial charge is 0.126 e. The first-order valence-electron chi connectivity index (χ1n) is 14.4. The van der Waals surface area contributed by atoms with E-state index in [1.54, 1.807) is 21.3 Å². The number of aliphatic hydroxyl groups is 1. The third-order valence-electron chi connectivity index (χ3n) is 7.05. The van der Waals surface area contributed by atoms with Crippen molar-refractivity contribution >= 4 is 12.2 Å². The van der Waals surface area contributed by atoms with Crippen LogP contribution in [-0.2, 0) is 6.42 Å². The van der Waals surface area contributed by atoms with Gasteiger partial charge in [0.25, 0.3) is 0 Å². The second-order valence-corrected chi connectivity index (χ2v) is 9.93. The summed E-state index contributed by atoms with van der Waals surface area (Å²) < 4.78 is 16.7. The Morgan fingerprint density at radius 3 is 1.41 bits per heavy atom. The molecular formula is C33H50O4.